The molecule has 0 radical (unpaired) electrons. The van der Waals surface area contributed by atoms with Crippen molar-refractivity contribution in [2.24, 2.45) is 5.41 Å². The van der Waals surface area contributed by atoms with Gasteiger partial charge in [0.05, 0.1) is 10.3 Å². The molecule has 1 atom stereocenters. The Morgan fingerprint density at radius 2 is 2.37 bits per heavy atom. The maximum Gasteiger partial charge on any atom is 0.329 e. The molecule has 1 unspecified atom stereocenters. The smallest absolute Gasteiger partial charge is 0.329 e. The molecule has 9 nitrogen and oxygen atoms in total. The molecule has 19 heavy (non-hydrogen) atoms. The molecule has 2 heterocycles. The molecule has 1 aliphatic rings. The molecule has 0 spiro atoms. The number of aromatic nitrogens is 2. The van der Waals surface area contributed by atoms with Gasteiger partial charge in [-0.05, 0) is 13.3 Å². The third-order valence-electron chi connectivity index (χ3n) is 3.25. The molecule has 1 fully saturated rings. The molecule has 0 bridgehead atoms. The Morgan fingerprint density at radius 1 is 1.68 bits per heavy atom. The minimum Gasteiger partial charge on any atom is -0.481 e. The van der Waals surface area contributed by atoms with Crippen LogP contribution in [-0.4, -0.2) is 39.1 Å². The molecule has 9 heteroatoms. The van der Waals surface area contributed by atoms with E-state index in [2.05, 4.69) is 9.97 Å². The topological polar surface area (TPSA) is 135 Å². The largest absolute Gasteiger partial charge is 0.481 e. The zero-order chi connectivity index (χ0) is 14.2. The quantitative estimate of drug-likeness (QED) is 0.588. The molecule has 0 saturated carbocycles. The number of hydrogen-bond acceptors (Lipinski definition) is 7. The number of nitrogen functional groups attached to an aromatic ring is 1. The summed E-state index contributed by atoms with van der Waals surface area (Å²) in [4.78, 5) is 30.5. The first-order valence-electron chi connectivity index (χ1n) is 5.59. The van der Waals surface area contributed by atoms with Crippen LogP contribution in [0.2, 0.25) is 0 Å². The number of carbonyl (C=O) groups is 1. The highest BCUT2D eigenvalue weighted by molar-refractivity contribution is 5.76. The molecule has 102 valence electrons. The fourth-order valence-electron chi connectivity index (χ4n) is 1.98. The van der Waals surface area contributed by atoms with Gasteiger partial charge < -0.3 is 15.7 Å². The number of aliphatic carboxylic acids is 1. The van der Waals surface area contributed by atoms with Crippen molar-refractivity contribution in [3.8, 4) is 0 Å². The maximum atomic E-state index is 11.1. The number of hydrogen-bond donors (Lipinski definition) is 2. The van der Waals surface area contributed by atoms with E-state index >= 15 is 0 Å². The molecule has 1 aromatic rings. The highest BCUT2D eigenvalue weighted by Crippen LogP contribution is 2.32. The van der Waals surface area contributed by atoms with Crippen molar-refractivity contribution in [2.75, 3.05) is 23.7 Å². The molecule has 0 aromatic carbocycles. The molecule has 1 aromatic heterocycles. The third kappa shape index (κ3) is 2.26. The monoisotopic (exact) mass is 267 g/mol. The van der Waals surface area contributed by atoms with Crippen LogP contribution in [0.1, 0.15) is 13.3 Å². The van der Waals surface area contributed by atoms with Crippen LogP contribution in [0, 0.1) is 15.5 Å². The first kappa shape index (κ1) is 13.0. The van der Waals surface area contributed by atoms with Gasteiger partial charge >= 0.3 is 11.7 Å². The standard InChI is InChI=1S/C10H13N5O4/c1-10(8(16)17)2-3-14(5-10)9-12-4-6(15(18)19)7(11)13-9/h4H,2-3,5H2,1H3,(H,16,17)(H2,11,12,13). The Balaban J connectivity index is 2.23. The SMILES string of the molecule is CC1(C(=O)O)CCN(c2ncc([N+](=O)[O-])c(N)n2)C1. The minimum atomic E-state index is -0.884. The van der Waals surface area contributed by atoms with Crippen molar-refractivity contribution in [3.05, 3.63) is 16.3 Å². The van der Waals surface area contributed by atoms with Crippen LogP contribution >= 0.6 is 0 Å². The van der Waals surface area contributed by atoms with Crippen molar-refractivity contribution < 1.29 is 14.8 Å². The number of nitro groups is 1. The molecule has 3 N–H and O–H groups in total. The van der Waals surface area contributed by atoms with Crippen molar-refractivity contribution in [3.63, 3.8) is 0 Å². The van der Waals surface area contributed by atoms with E-state index in [0.717, 1.165) is 6.20 Å². The Kier molecular flexibility index (Phi) is 2.97. The third-order valence-corrected chi connectivity index (χ3v) is 3.25. The van der Waals surface area contributed by atoms with E-state index in [1.54, 1.807) is 11.8 Å². The predicted molar refractivity (Wildman–Crippen MR) is 65.7 cm³/mol. The van der Waals surface area contributed by atoms with E-state index in [-0.39, 0.29) is 24.0 Å². The normalized spacial score (nSPS) is 22.5. The van der Waals surface area contributed by atoms with Gasteiger partial charge in [0.15, 0.2) is 0 Å². The van der Waals surface area contributed by atoms with Crippen LogP contribution in [0.15, 0.2) is 6.20 Å². The van der Waals surface area contributed by atoms with Gasteiger partial charge in [-0.3, -0.25) is 14.9 Å². The lowest BCUT2D eigenvalue weighted by atomic mass is 9.90. The summed E-state index contributed by atoms with van der Waals surface area (Å²) in [5.74, 6) is -0.892. The summed E-state index contributed by atoms with van der Waals surface area (Å²) in [6.07, 6.45) is 1.50. The van der Waals surface area contributed by atoms with E-state index in [1.165, 1.54) is 0 Å². The zero-order valence-electron chi connectivity index (χ0n) is 10.2. The molecular weight excluding hydrogens is 254 g/mol. The summed E-state index contributed by atoms with van der Waals surface area (Å²) < 4.78 is 0. The van der Waals surface area contributed by atoms with Crippen molar-refractivity contribution in [1.29, 1.82) is 0 Å². The maximum absolute atomic E-state index is 11.1. The van der Waals surface area contributed by atoms with E-state index in [4.69, 9.17) is 10.8 Å². The number of carboxylic acids is 1. The van der Waals surface area contributed by atoms with Gasteiger partial charge in [0.2, 0.25) is 11.8 Å². The Morgan fingerprint density at radius 3 is 2.84 bits per heavy atom. The van der Waals surface area contributed by atoms with Gasteiger partial charge in [-0.15, -0.1) is 0 Å². The van der Waals surface area contributed by atoms with Gasteiger partial charge in [0.1, 0.15) is 6.20 Å². The number of nitrogens with zero attached hydrogens (tertiary/aromatic N) is 4. The second-order valence-corrected chi connectivity index (χ2v) is 4.73. The number of anilines is 2. The highest BCUT2D eigenvalue weighted by atomic mass is 16.6. The number of carboxylic acid groups (broad SMARTS) is 1. The molecule has 2 rings (SSSR count). The predicted octanol–water partition coefficient (Wildman–Crippen LogP) is 0.268. The fourth-order valence-corrected chi connectivity index (χ4v) is 1.98. The van der Waals surface area contributed by atoms with Gasteiger partial charge in [-0.25, -0.2) is 4.98 Å². The number of rotatable bonds is 3. The van der Waals surface area contributed by atoms with Crippen LogP contribution in [0.4, 0.5) is 17.5 Å². The average Bonchev–Trinajstić information content (AvgIpc) is 2.73. The summed E-state index contributed by atoms with van der Waals surface area (Å²) in [5, 5.41) is 19.7. The highest BCUT2D eigenvalue weighted by Gasteiger charge is 2.41. The van der Waals surface area contributed by atoms with Gasteiger partial charge in [-0.1, -0.05) is 0 Å². The summed E-state index contributed by atoms with van der Waals surface area (Å²) in [5.41, 5.74) is 4.26. The lowest BCUT2D eigenvalue weighted by molar-refractivity contribution is -0.384. The zero-order valence-corrected chi connectivity index (χ0v) is 10.2. The molecule has 1 saturated heterocycles. The summed E-state index contributed by atoms with van der Waals surface area (Å²) in [6.45, 7) is 2.36. The number of nitrogens with two attached hydrogens (primary N) is 1. The molecular formula is C10H13N5O4. The fraction of sp³-hybridized carbons (Fsp3) is 0.500. The molecule has 0 amide bonds. The van der Waals surface area contributed by atoms with Crippen molar-refractivity contribution in [2.45, 2.75) is 13.3 Å². The van der Waals surface area contributed by atoms with Crippen LogP contribution in [-0.2, 0) is 4.79 Å². The first-order valence-corrected chi connectivity index (χ1v) is 5.59. The van der Waals surface area contributed by atoms with Crippen LogP contribution < -0.4 is 10.6 Å². The molecule has 0 aliphatic carbocycles. The van der Waals surface area contributed by atoms with E-state index in [1.807, 2.05) is 0 Å². The van der Waals surface area contributed by atoms with Crippen molar-refractivity contribution >= 4 is 23.4 Å². The first-order chi connectivity index (χ1) is 8.83. The Bertz CT molecular complexity index is 549. The Hall–Kier alpha value is -2.45. The summed E-state index contributed by atoms with van der Waals surface area (Å²) in [7, 11) is 0. The molecule has 1 aliphatic heterocycles. The minimum absolute atomic E-state index is 0.216. The van der Waals surface area contributed by atoms with Crippen LogP contribution in [0.5, 0.6) is 0 Å². The lowest BCUT2D eigenvalue weighted by Crippen LogP contribution is -2.32. The Labute approximate surface area is 108 Å². The van der Waals surface area contributed by atoms with Gasteiger partial charge in [-0.2, -0.15) is 4.98 Å². The van der Waals surface area contributed by atoms with E-state index in [9.17, 15) is 14.9 Å². The van der Waals surface area contributed by atoms with Crippen LogP contribution in [0.3, 0.4) is 0 Å². The van der Waals surface area contributed by atoms with Crippen LogP contribution in [0.25, 0.3) is 0 Å². The lowest BCUT2D eigenvalue weighted by Gasteiger charge is -2.19. The second-order valence-electron chi connectivity index (χ2n) is 4.73. The second kappa shape index (κ2) is 4.34. The van der Waals surface area contributed by atoms with Gasteiger partial charge in [0, 0.05) is 13.1 Å². The van der Waals surface area contributed by atoms with Gasteiger partial charge in [0.25, 0.3) is 0 Å². The van der Waals surface area contributed by atoms with Crippen molar-refractivity contribution in [1.82, 2.24) is 9.97 Å². The summed E-state index contributed by atoms with van der Waals surface area (Å²) >= 11 is 0. The van der Waals surface area contributed by atoms with E-state index < -0.39 is 16.3 Å². The summed E-state index contributed by atoms with van der Waals surface area (Å²) in [6, 6.07) is 0. The average molecular weight is 267 g/mol. The van der Waals surface area contributed by atoms with E-state index in [0.29, 0.717) is 13.0 Å².